The Kier molecular flexibility index (Phi) is 8.79. The van der Waals surface area contributed by atoms with Crippen LogP contribution in [0.1, 0.15) is 54.4 Å². The van der Waals surface area contributed by atoms with Crippen molar-refractivity contribution in [3.05, 3.63) is 5.92 Å². The van der Waals surface area contributed by atoms with E-state index in [2.05, 4.69) is 0 Å². The number of amides is 1. The van der Waals surface area contributed by atoms with E-state index in [1.807, 2.05) is 13.8 Å². The first kappa shape index (κ1) is 24.2. The van der Waals surface area contributed by atoms with Crippen LogP contribution in [0.4, 0.5) is 13.6 Å². The first-order valence-corrected chi connectivity index (χ1v) is 8.31. The third kappa shape index (κ3) is 4.88. The molecule has 139 valence electrons. The molecule has 1 aliphatic carbocycles. The molecule has 2 aliphatic rings. The quantitative estimate of drug-likeness (QED) is 0.652. The van der Waals surface area contributed by atoms with E-state index < -0.39 is 35.6 Å². The fourth-order valence-corrected chi connectivity index (χ4v) is 3.37. The second kappa shape index (κ2) is 8.72. The zero-order chi connectivity index (χ0) is 18.1. The van der Waals surface area contributed by atoms with Crippen molar-refractivity contribution in [2.24, 2.45) is 11.3 Å². The van der Waals surface area contributed by atoms with Gasteiger partial charge in [0.25, 0.3) is 5.92 Å². The Labute approximate surface area is 169 Å². The summed E-state index contributed by atoms with van der Waals surface area (Å²) in [6, 6.07) is 0. The fourth-order valence-electron chi connectivity index (χ4n) is 3.37. The van der Waals surface area contributed by atoms with Gasteiger partial charge in [0, 0.05) is 44.7 Å². The Morgan fingerprint density at radius 1 is 1.38 bits per heavy atom. The number of hydrogen-bond acceptors (Lipinski definition) is 3. The molecule has 1 saturated carbocycles. The Hall–Kier alpha value is 0.194. The predicted molar refractivity (Wildman–Crippen MR) is 85.3 cm³/mol. The second-order valence-electron chi connectivity index (χ2n) is 7.30. The molecule has 1 saturated heterocycles. The Bertz CT molecular complexity index is 429. The van der Waals surface area contributed by atoms with Crippen molar-refractivity contribution in [2.75, 3.05) is 19.7 Å². The number of alkyl halides is 2. The van der Waals surface area contributed by atoms with Crippen LogP contribution in [0.15, 0.2) is 0 Å². The van der Waals surface area contributed by atoms with Gasteiger partial charge < -0.3 is 14.7 Å². The number of carbonyl (C=O) groups excluding carboxylic acids is 1. The maximum atomic E-state index is 14.0. The third-order valence-corrected chi connectivity index (χ3v) is 4.43. The van der Waals surface area contributed by atoms with Crippen molar-refractivity contribution in [3.8, 4) is 0 Å². The first-order chi connectivity index (χ1) is 10.5. The zero-order valence-corrected chi connectivity index (χ0v) is 18.5. The molecule has 4 nitrogen and oxygen atoms in total. The number of nitrogens with zero attached hydrogens (tertiary/aromatic N) is 1. The van der Waals surface area contributed by atoms with Crippen LogP contribution in [0.5, 0.6) is 0 Å². The van der Waals surface area contributed by atoms with Gasteiger partial charge >= 0.3 is 6.09 Å². The minimum atomic E-state index is -2.84. The molecule has 2 rings (SSSR count). The Morgan fingerprint density at radius 2 is 1.92 bits per heavy atom. The number of aliphatic hydroxyl groups is 1. The number of carbonyl (C=O) groups is 1. The van der Waals surface area contributed by atoms with Crippen LogP contribution in [0, 0.1) is 17.3 Å². The predicted octanol–water partition coefficient (Wildman–Crippen LogP) is 3.88. The number of hydrogen-bond donors (Lipinski definition) is 1. The topological polar surface area (TPSA) is 49.8 Å². The summed E-state index contributed by atoms with van der Waals surface area (Å²) >= 11 is 0. The molecular weight excluding hydrogens is 393 g/mol. The number of halogens is 2. The van der Waals surface area contributed by atoms with Gasteiger partial charge in [-0.1, -0.05) is 20.4 Å². The molecule has 1 radical (unpaired) electrons. The Morgan fingerprint density at radius 3 is 2.33 bits per heavy atom. The SMILES string of the molecule is CC.C[C-]1CN(C(=O)OC(C)(C)C)CCC2(C1)C(CO)C2(F)F.[Y]. The molecule has 2 fully saturated rings. The number of rotatable bonds is 1. The fraction of sp³-hybridized carbons (Fsp3) is 0.882. The first-order valence-electron chi connectivity index (χ1n) is 8.31. The van der Waals surface area contributed by atoms with E-state index >= 15 is 0 Å². The maximum absolute atomic E-state index is 14.0. The van der Waals surface area contributed by atoms with Crippen molar-refractivity contribution < 1.29 is 56.1 Å². The average molecular weight is 423 g/mol. The molecule has 2 atom stereocenters. The minimum absolute atomic E-state index is 0. The van der Waals surface area contributed by atoms with Gasteiger partial charge in [-0.25, -0.2) is 13.6 Å². The molecule has 0 aromatic carbocycles. The molecule has 1 aliphatic heterocycles. The molecule has 0 aromatic heterocycles. The van der Waals surface area contributed by atoms with Crippen LogP contribution in [-0.2, 0) is 37.4 Å². The third-order valence-electron chi connectivity index (χ3n) is 4.43. The smallest absolute Gasteiger partial charge is 0.407 e. The van der Waals surface area contributed by atoms with Gasteiger partial charge in [-0.05, 0) is 27.2 Å². The van der Waals surface area contributed by atoms with Gasteiger partial charge in [-0.2, -0.15) is 13.3 Å². The van der Waals surface area contributed by atoms with E-state index in [-0.39, 0.29) is 52.1 Å². The molecule has 1 amide bonds. The molecule has 7 heteroatoms. The summed E-state index contributed by atoms with van der Waals surface area (Å²) in [5.74, 6) is -3.00. The summed E-state index contributed by atoms with van der Waals surface area (Å²) in [5, 5.41) is 9.17. The Balaban J connectivity index is 0.00000170. The molecule has 0 aromatic rings. The number of ether oxygens (including phenoxy) is 1. The summed E-state index contributed by atoms with van der Waals surface area (Å²) in [4.78, 5) is 13.6. The van der Waals surface area contributed by atoms with Gasteiger partial charge in [0.1, 0.15) is 5.60 Å². The molecule has 0 bridgehead atoms. The summed E-state index contributed by atoms with van der Waals surface area (Å²) in [6.07, 6.45) is -0.0183. The molecule has 1 spiro atoms. The van der Waals surface area contributed by atoms with Crippen LogP contribution in [0.3, 0.4) is 0 Å². The van der Waals surface area contributed by atoms with Crippen molar-refractivity contribution in [2.45, 2.75) is 65.9 Å². The normalized spacial score (nSPS) is 29.0. The summed E-state index contributed by atoms with van der Waals surface area (Å²) in [6.45, 7) is 11.2. The van der Waals surface area contributed by atoms with E-state index in [4.69, 9.17) is 4.74 Å². The maximum Gasteiger partial charge on any atom is 0.407 e. The summed E-state index contributed by atoms with van der Waals surface area (Å²) in [5.41, 5.74) is -1.78. The van der Waals surface area contributed by atoms with E-state index in [1.165, 1.54) is 4.90 Å². The number of aliphatic hydroxyl groups excluding tert-OH is 1. The minimum Gasteiger partial charge on any atom is -0.444 e. The standard InChI is InChI=1S/C15H24F2NO3.C2H6.Y/c1-10-7-14(11(9-19)15(14,16)17)5-6-18(8-10)12(20)21-13(2,3)4;1-2;/h11,19H,5-9H2,1-4H3;1-2H3;/q-1;;. The second-order valence-corrected chi connectivity index (χ2v) is 7.30. The summed E-state index contributed by atoms with van der Waals surface area (Å²) in [7, 11) is 0. The largest absolute Gasteiger partial charge is 0.444 e. The molecule has 2 unspecified atom stereocenters. The van der Waals surface area contributed by atoms with Crippen LogP contribution >= 0.6 is 0 Å². The van der Waals surface area contributed by atoms with Crippen LogP contribution in [0.25, 0.3) is 0 Å². The van der Waals surface area contributed by atoms with Crippen LogP contribution < -0.4 is 0 Å². The van der Waals surface area contributed by atoms with Gasteiger partial charge in [-0.15, -0.1) is 0 Å². The van der Waals surface area contributed by atoms with Gasteiger partial charge in [-0.3, -0.25) is 5.92 Å². The molecule has 1 heterocycles. The average Bonchev–Trinajstić information content (AvgIpc) is 2.95. The van der Waals surface area contributed by atoms with Gasteiger partial charge in [0.05, 0.1) is 12.5 Å². The van der Waals surface area contributed by atoms with Crippen molar-refractivity contribution in [3.63, 3.8) is 0 Å². The van der Waals surface area contributed by atoms with Crippen LogP contribution in [-0.4, -0.2) is 47.3 Å². The molecular formula is C17H30F2NO3Y-. The van der Waals surface area contributed by atoms with E-state index in [0.29, 0.717) is 6.54 Å². The van der Waals surface area contributed by atoms with E-state index in [9.17, 15) is 18.7 Å². The van der Waals surface area contributed by atoms with Gasteiger partial charge in [0.15, 0.2) is 0 Å². The molecule has 1 N–H and O–H groups in total. The van der Waals surface area contributed by atoms with Crippen LogP contribution in [0.2, 0.25) is 0 Å². The van der Waals surface area contributed by atoms with E-state index in [0.717, 1.165) is 5.92 Å². The van der Waals surface area contributed by atoms with Crippen molar-refractivity contribution in [1.29, 1.82) is 0 Å². The van der Waals surface area contributed by atoms with E-state index in [1.54, 1.807) is 27.7 Å². The zero-order valence-electron chi connectivity index (χ0n) is 15.7. The number of likely N-dealkylation sites (tertiary alicyclic amines) is 1. The summed E-state index contributed by atoms with van der Waals surface area (Å²) < 4.78 is 33.3. The van der Waals surface area contributed by atoms with Crippen molar-refractivity contribution >= 4 is 6.09 Å². The van der Waals surface area contributed by atoms with Crippen molar-refractivity contribution in [1.82, 2.24) is 4.90 Å². The van der Waals surface area contributed by atoms with Gasteiger partial charge in [0.2, 0.25) is 0 Å². The monoisotopic (exact) mass is 423 g/mol. The molecule has 24 heavy (non-hydrogen) atoms.